The van der Waals surface area contributed by atoms with Gasteiger partial charge in [0, 0.05) is 0 Å². The van der Waals surface area contributed by atoms with Crippen LogP contribution in [0.25, 0.3) is 0 Å². The predicted octanol–water partition coefficient (Wildman–Crippen LogP) is 2.65. The van der Waals surface area contributed by atoms with E-state index in [0.717, 1.165) is 31.4 Å². The van der Waals surface area contributed by atoms with Crippen LogP contribution in [0.5, 0.6) is 0 Å². The molecule has 1 heterocycles. The summed E-state index contributed by atoms with van der Waals surface area (Å²) in [5.41, 5.74) is 3.63. The summed E-state index contributed by atoms with van der Waals surface area (Å²) in [6.45, 7) is 2.19. The van der Waals surface area contributed by atoms with Crippen molar-refractivity contribution >= 4 is 29.1 Å². The van der Waals surface area contributed by atoms with Gasteiger partial charge in [0.2, 0.25) is 0 Å². The minimum atomic E-state index is -0.253. The van der Waals surface area contributed by atoms with Crippen molar-refractivity contribution in [2.75, 3.05) is 12.0 Å². The van der Waals surface area contributed by atoms with Crippen molar-refractivity contribution in [2.24, 2.45) is 11.0 Å². The van der Waals surface area contributed by atoms with E-state index in [4.69, 9.17) is 16.3 Å². The summed E-state index contributed by atoms with van der Waals surface area (Å²) in [5, 5.41) is 12.2. The van der Waals surface area contributed by atoms with Crippen molar-refractivity contribution in [3.8, 4) is 0 Å². The van der Waals surface area contributed by atoms with Crippen molar-refractivity contribution in [1.29, 1.82) is 0 Å². The van der Waals surface area contributed by atoms with E-state index in [1.54, 1.807) is 19.1 Å². The van der Waals surface area contributed by atoms with Gasteiger partial charge in [0.1, 0.15) is 0 Å². The van der Waals surface area contributed by atoms with Crippen LogP contribution < -0.4 is 5.43 Å². The van der Waals surface area contributed by atoms with Crippen LogP contribution >= 0.6 is 11.6 Å². The fourth-order valence-corrected chi connectivity index (χ4v) is 2.23. The second kappa shape index (κ2) is 7.19. The number of rotatable bonds is 4. The van der Waals surface area contributed by atoms with Gasteiger partial charge in [0.25, 0.3) is 0 Å². The Morgan fingerprint density at radius 1 is 1.50 bits per heavy atom. The number of hydrogen-bond acceptors (Lipinski definition) is 6. The van der Waals surface area contributed by atoms with Crippen molar-refractivity contribution in [3.05, 3.63) is 17.3 Å². The summed E-state index contributed by atoms with van der Waals surface area (Å²) in [4.78, 5) is 11.9. The van der Waals surface area contributed by atoms with Gasteiger partial charge in [-0.05, 0) is 38.3 Å². The zero-order chi connectivity index (χ0) is 14.4. The maximum Gasteiger partial charge on any atom is 0.314 e. The average molecular weight is 297 g/mol. The molecule has 1 atom stereocenters. The summed E-state index contributed by atoms with van der Waals surface area (Å²) in [5.74, 6) is 0.0430. The maximum atomic E-state index is 11.9. The summed E-state index contributed by atoms with van der Waals surface area (Å²) in [6.07, 6.45) is 3.62. The third-order valence-corrected chi connectivity index (χ3v) is 3.30. The highest BCUT2D eigenvalue weighted by Gasteiger charge is 2.28. The second-order valence-corrected chi connectivity index (χ2v) is 4.89. The van der Waals surface area contributed by atoms with Crippen molar-refractivity contribution in [3.63, 3.8) is 0 Å². The van der Waals surface area contributed by atoms with Gasteiger partial charge in [-0.3, -0.25) is 10.2 Å². The summed E-state index contributed by atoms with van der Waals surface area (Å²) < 4.78 is 5.09. The number of carbonyl (C=O) groups excluding carboxylic acids is 1. The Morgan fingerprint density at radius 3 is 3.05 bits per heavy atom. The Balaban J connectivity index is 2.05. The number of ether oxygens (including phenoxy) is 1. The first-order valence-corrected chi connectivity index (χ1v) is 7.07. The molecule has 0 spiro atoms. The molecule has 1 aromatic heterocycles. The predicted molar refractivity (Wildman–Crippen MR) is 76.7 cm³/mol. The molecular formula is C13H17ClN4O2. The largest absolute Gasteiger partial charge is 0.465 e. The second-order valence-electron chi connectivity index (χ2n) is 4.51. The molecule has 1 saturated carbocycles. The number of aromatic nitrogens is 2. The van der Waals surface area contributed by atoms with Gasteiger partial charge in [-0.15, -0.1) is 10.2 Å². The number of hydrazone groups is 1. The quantitative estimate of drug-likeness (QED) is 0.683. The van der Waals surface area contributed by atoms with Crippen molar-refractivity contribution in [2.45, 2.75) is 32.6 Å². The SMILES string of the molecule is CCOC(=O)C1CCCCC1=NNc1ccc(Cl)nn1. The van der Waals surface area contributed by atoms with E-state index in [1.165, 1.54) is 0 Å². The fourth-order valence-electron chi connectivity index (χ4n) is 2.13. The first-order valence-electron chi connectivity index (χ1n) is 6.69. The highest BCUT2D eigenvalue weighted by Crippen LogP contribution is 2.23. The van der Waals surface area contributed by atoms with Crippen LogP contribution in [0, 0.1) is 5.92 Å². The highest BCUT2D eigenvalue weighted by atomic mass is 35.5. The molecule has 0 saturated heterocycles. The van der Waals surface area contributed by atoms with E-state index in [9.17, 15) is 4.79 Å². The van der Waals surface area contributed by atoms with E-state index in [-0.39, 0.29) is 11.9 Å². The Bertz CT molecular complexity index is 490. The average Bonchev–Trinajstić information content (AvgIpc) is 2.47. The van der Waals surface area contributed by atoms with Crippen molar-refractivity contribution < 1.29 is 9.53 Å². The molecule has 1 aromatic rings. The number of nitrogens with one attached hydrogen (secondary N) is 1. The van der Waals surface area contributed by atoms with Crippen LogP contribution in [0.1, 0.15) is 32.6 Å². The maximum absolute atomic E-state index is 11.9. The molecule has 7 heteroatoms. The molecular weight excluding hydrogens is 280 g/mol. The van der Waals surface area contributed by atoms with Crippen LogP contribution in [0.2, 0.25) is 5.15 Å². The van der Waals surface area contributed by atoms with Crippen LogP contribution in [0.15, 0.2) is 17.2 Å². The zero-order valence-corrected chi connectivity index (χ0v) is 12.1. The number of carbonyl (C=O) groups is 1. The van der Waals surface area contributed by atoms with Gasteiger partial charge >= 0.3 is 5.97 Å². The number of anilines is 1. The molecule has 1 unspecified atom stereocenters. The van der Waals surface area contributed by atoms with Gasteiger partial charge in [0.05, 0.1) is 18.2 Å². The molecule has 1 fully saturated rings. The zero-order valence-electron chi connectivity index (χ0n) is 11.3. The van der Waals surface area contributed by atoms with Gasteiger partial charge in [0.15, 0.2) is 11.0 Å². The van der Waals surface area contributed by atoms with Crippen LogP contribution in [0.3, 0.4) is 0 Å². The van der Waals surface area contributed by atoms with Crippen LogP contribution in [-0.2, 0) is 9.53 Å². The molecule has 0 bridgehead atoms. The lowest BCUT2D eigenvalue weighted by atomic mass is 9.87. The van der Waals surface area contributed by atoms with Crippen LogP contribution in [0.4, 0.5) is 5.82 Å². The molecule has 0 amide bonds. The normalized spacial score (nSPS) is 20.7. The molecule has 0 aliphatic heterocycles. The third kappa shape index (κ3) is 3.90. The van der Waals surface area contributed by atoms with Gasteiger partial charge < -0.3 is 4.74 Å². The van der Waals surface area contributed by atoms with E-state index in [0.29, 0.717) is 17.6 Å². The Labute approximate surface area is 122 Å². The molecule has 20 heavy (non-hydrogen) atoms. The Hall–Kier alpha value is -1.69. The monoisotopic (exact) mass is 296 g/mol. The number of nitrogens with zero attached hydrogens (tertiary/aromatic N) is 3. The summed E-state index contributed by atoms with van der Waals surface area (Å²) in [6, 6.07) is 3.31. The summed E-state index contributed by atoms with van der Waals surface area (Å²) >= 11 is 5.66. The fraction of sp³-hybridized carbons (Fsp3) is 0.538. The first-order chi connectivity index (χ1) is 9.70. The van der Waals surface area contributed by atoms with Crippen molar-refractivity contribution in [1.82, 2.24) is 10.2 Å². The lowest BCUT2D eigenvalue weighted by molar-refractivity contribution is -0.146. The van der Waals surface area contributed by atoms with Gasteiger partial charge in [-0.1, -0.05) is 18.0 Å². The van der Waals surface area contributed by atoms with Crippen LogP contribution in [-0.4, -0.2) is 28.5 Å². The van der Waals surface area contributed by atoms with Gasteiger partial charge in [-0.25, -0.2) is 0 Å². The molecule has 6 nitrogen and oxygen atoms in total. The molecule has 2 rings (SSSR count). The van der Waals surface area contributed by atoms with E-state index < -0.39 is 0 Å². The Kier molecular flexibility index (Phi) is 5.29. The first kappa shape index (κ1) is 14.7. The van der Waals surface area contributed by atoms with Gasteiger partial charge in [-0.2, -0.15) is 5.10 Å². The Morgan fingerprint density at radius 2 is 2.35 bits per heavy atom. The topological polar surface area (TPSA) is 76.5 Å². The lowest BCUT2D eigenvalue weighted by Gasteiger charge is -2.22. The summed E-state index contributed by atoms with van der Waals surface area (Å²) in [7, 11) is 0. The minimum absolute atomic E-state index is 0.199. The minimum Gasteiger partial charge on any atom is -0.465 e. The molecule has 0 radical (unpaired) electrons. The molecule has 0 aromatic carbocycles. The lowest BCUT2D eigenvalue weighted by Crippen LogP contribution is -2.29. The van der Waals surface area contributed by atoms with E-state index in [1.807, 2.05) is 0 Å². The molecule has 1 aliphatic carbocycles. The third-order valence-electron chi connectivity index (χ3n) is 3.10. The number of esters is 1. The standard InChI is InChI=1S/C13H17ClN4O2/c1-2-20-13(19)9-5-3-4-6-10(9)15-17-12-8-7-11(14)16-18-12/h7-9H,2-6H2,1H3,(H,17,18). The number of hydrogen-bond donors (Lipinski definition) is 1. The number of halogens is 1. The molecule has 1 N–H and O–H groups in total. The van der Waals surface area contributed by atoms with E-state index >= 15 is 0 Å². The highest BCUT2D eigenvalue weighted by molar-refractivity contribution is 6.29. The van der Waals surface area contributed by atoms with E-state index in [2.05, 4.69) is 20.7 Å². The molecule has 108 valence electrons. The molecule has 1 aliphatic rings. The smallest absolute Gasteiger partial charge is 0.314 e.